The Morgan fingerprint density at radius 2 is 2.23 bits per heavy atom. The SMILES string of the molecule is Cc1cc(-c2cnc(NC3CC3)nc2CN(C)C(=O)[C@H]2CCOC2)on1. The first-order valence-electron chi connectivity index (χ1n) is 8.99. The lowest BCUT2D eigenvalue weighted by atomic mass is 10.1. The molecule has 8 heteroatoms. The molecule has 2 aromatic rings. The van der Waals surface area contributed by atoms with E-state index >= 15 is 0 Å². The number of carbonyl (C=O) groups excluding carboxylic acids is 1. The van der Waals surface area contributed by atoms with Crippen LogP contribution in [-0.2, 0) is 16.1 Å². The molecule has 8 nitrogen and oxygen atoms in total. The average Bonchev–Trinajstić information content (AvgIpc) is 3.10. The zero-order chi connectivity index (χ0) is 18.1. The van der Waals surface area contributed by atoms with Gasteiger partial charge in [-0.1, -0.05) is 5.16 Å². The monoisotopic (exact) mass is 357 g/mol. The molecule has 0 radical (unpaired) electrons. The van der Waals surface area contributed by atoms with Crippen molar-refractivity contribution in [3.05, 3.63) is 23.7 Å². The minimum atomic E-state index is -0.0677. The molecule has 138 valence electrons. The molecule has 2 aliphatic rings. The molecule has 1 saturated heterocycles. The lowest BCUT2D eigenvalue weighted by Crippen LogP contribution is -2.33. The van der Waals surface area contributed by atoms with Crippen molar-refractivity contribution < 1.29 is 14.1 Å². The van der Waals surface area contributed by atoms with E-state index in [1.165, 1.54) is 0 Å². The molecule has 2 fully saturated rings. The number of anilines is 1. The fourth-order valence-electron chi connectivity index (χ4n) is 3.06. The van der Waals surface area contributed by atoms with E-state index < -0.39 is 0 Å². The molecule has 1 saturated carbocycles. The van der Waals surface area contributed by atoms with Crippen LogP contribution in [0.5, 0.6) is 0 Å². The number of rotatable bonds is 6. The van der Waals surface area contributed by atoms with Gasteiger partial charge in [-0.15, -0.1) is 0 Å². The van der Waals surface area contributed by atoms with Crippen molar-refractivity contribution in [2.24, 2.45) is 5.92 Å². The zero-order valence-electron chi connectivity index (χ0n) is 15.1. The highest BCUT2D eigenvalue weighted by Crippen LogP contribution is 2.27. The van der Waals surface area contributed by atoms with Gasteiger partial charge in [-0.3, -0.25) is 4.79 Å². The number of nitrogens with zero attached hydrogens (tertiary/aromatic N) is 4. The van der Waals surface area contributed by atoms with E-state index in [2.05, 4.69) is 20.4 Å². The predicted octanol–water partition coefficient (Wildman–Crippen LogP) is 2.01. The van der Waals surface area contributed by atoms with Crippen LogP contribution in [0, 0.1) is 12.8 Å². The third-order valence-electron chi connectivity index (χ3n) is 4.71. The molecule has 0 unspecified atom stereocenters. The van der Waals surface area contributed by atoms with Gasteiger partial charge in [-0.25, -0.2) is 9.97 Å². The normalized spacial score (nSPS) is 19.5. The van der Waals surface area contributed by atoms with Crippen molar-refractivity contribution >= 4 is 11.9 Å². The Balaban J connectivity index is 1.59. The standard InChI is InChI=1S/C18H23N5O3/c1-11-7-16(26-22-11)14-8-19-18(20-13-3-4-13)21-15(14)9-23(2)17(24)12-5-6-25-10-12/h7-8,12-13H,3-6,9-10H2,1-2H3,(H,19,20,21)/t12-/m0/s1. The van der Waals surface area contributed by atoms with Gasteiger partial charge in [-0.05, 0) is 26.2 Å². The molecule has 2 aromatic heterocycles. The summed E-state index contributed by atoms with van der Waals surface area (Å²) in [6.07, 6.45) is 4.79. The van der Waals surface area contributed by atoms with Gasteiger partial charge in [0.1, 0.15) is 0 Å². The first-order valence-corrected chi connectivity index (χ1v) is 8.99. The first-order chi connectivity index (χ1) is 12.6. The molecule has 0 aromatic carbocycles. The summed E-state index contributed by atoms with van der Waals surface area (Å²) in [5.74, 6) is 1.22. The molecule has 1 amide bonds. The highest BCUT2D eigenvalue weighted by atomic mass is 16.5. The number of hydrogen-bond acceptors (Lipinski definition) is 7. The van der Waals surface area contributed by atoms with Gasteiger partial charge in [0.15, 0.2) is 5.76 Å². The summed E-state index contributed by atoms with van der Waals surface area (Å²) in [4.78, 5) is 23.4. The third-order valence-corrected chi connectivity index (χ3v) is 4.71. The topological polar surface area (TPSA) is 93.4 Å². The lowest BCUT2D eigenvalue weighted by molar-refractivity contribution is -0.134. The third kappa shape index (κ3) is 3.70. The van der Waals surface area contributed by atoms with Crippen LogP contribution in [0.1, 0.15) is 30.7 Å². The van der Waals surface area contributed by atoms with Crippen molar-refractivity contribution in [3.63, 3.8) is 0 Å². The van der Waals surface area contributed by atoms with E-state index in [1.807, 2.05) is 13.0 Å². The number of aryl methyl sites for hydroxylation is 1. The van der Waals surface area contributed by atoms with Gasteiger partial charge < -0.3 is 19.5 Å². The number of aromatic nitrogens is 3. The van der Waals surface area contributed by atoms with E-state index in [9.17, 15) is 4.79 Å². The van der Waals surface area contributed by atoms with Crippen molar-refractivity contribution in [1.29, 1.82) is 0 Å². The van der Waals surface area contributed by atoms with E-state index in [0.29, 0.717) is 37.5 Å². The molecule has 0 spiro atoms. The van der Waals surface area contributed by atoms with E-state index in [1.54, 1.807) is 18.1 Å². The molecular formula is C18H23N5O3. The second-order valence-corrected chi connectivity index (χ2v) is 7.06. The maximum Gasteiger partial charge on any atom is 0.228 e. The maximum atomic E-state index is 12.6. The molecule has 1 aliphatic heterocycles. The van der Waals surface area contributed by atoms with Crippen LogP contribution >= 0.6 is 0 Å². The van der Waals surface area contributed by atoms with Crippen molar-refractivity contribution in [2.75, 3.05) is 25.6 Å². The fourth-order valence-corrected chi connectivity index (χ4v) is 3.06. The Kier molecular flexibility index (Phi) is 4.58. The largest absolute Gasteiger partial charge is 0.381 e. The van der Waals surface area contributed by atoms with Gasteiger partial charge >= 0.3 is 0 Å². The number of nitrogens with one attached hydrogen (secondary N) is 1. The number of ether oxygens (including phenoxy) is 1. The smallest absolute Gasteiger partial charge is 0.228 e. The van der Waals surface area contributed by atoms with Crippen molar-refractivity contribution in [3.8, 4) is 11.3 Å². The van der Waals surface area contributed by atoms with Gasteiger partial charge in [0, 0.05) is 32.0 Å². The predicted molar refractivity (Wildman–Crippen MR) is 94.3 cm³/mol. The number of hydrogen-bond donors (Lipinski definition) is 1. The second kappa shape index (κ2) is 7.03. The van der Waals surface area contributed by atoms with Crippen molar-refractivity contribution in [2.45, 2.75) is 38.8 Å². The summed E-state index contributed by atoms with van der Waals surface area (Å²) < 4.78 is 10.7. The van der Waals surface area contributed by atoms with Gasteiger partial charge in [0.25, 0.3) is 0 Å². The highest BCUT2D eigenvalue weighted by molar-refractivity contribution is 5.79. The van der Waals surface area contributed by atoms with Gasteiger partial charge in [-0.2, -0.15) is 0 Å². The molecule has 1 N–H and O–H groups in total. The molecular weight excluding hydrogens is 334 g/mol. The molecule has 26 heavy (non-hydrogen) atoms. The van der Waals surface area contributed by atoms with E-state index in [-0.39, 0.29) is 11.8 Å². The van der Waals surface area contributed by atoms with Crippen LogP contribution in [0.25, 0.3) is 11.3 Å². The summed E-state index contributed by atoms with van der Waals surface area (Å²) in [5, 5.41) is 7.25. The summed E-state index contributed by atoms with van der Waals surface area (Å²) in [5.41, 5.74) is 2.29. The van der Waals surface area contributed by atoms with Gasteiger partial charge in [0.2, 0.25) is 11.9 Å². The fraction of sp³-hybridized carbons (Fsp3) is 0.556. The molecule has 1 atom stereocenters. The van der Waals surface area contributed by atoms with E-state index in [0.717, 1.165) is 36.2 Å². The lowest BCUT2D eigenvalue weighted by Gasteiger charge is -2.21. The maximum absolute atomic E-state index is 12.6. The van der Waals surface area contributed by atoms with Crippen LogP contribution in [0.2, 0.25) is 0 Å². The summed E-state index contributed by atoms with van der Waals surface area (Å²) in [6, 6.07) is 2.30. The first kappa shape index (κ1) is 17.0. The molecule has 0 bridgehead atoms. The Morgan fingerprint density at radius 3 is 2.88 bits per heavy atom. The van der Waals surface area contributed by atoms with Crippen molar-refractivity contribution in [1.82, 2.24) is 20.0 Å². The number of amides is 1. The Hall–Kier alpha value is -2.48. The highest BCUT2D eigenvalue weighted by Gasteiger charge is 2.28. The molecule has 3 heterocycles. The van der Waals surface area contributed by atoms with Crippen LogP contribution < -0.4 is 5.32 Å². The van der Waals surface area contributed by atoms with E-state index in [4.69, 9.17) is 9.26 Å². The quantitative estimate of drug-likeness (QED) is 0.845. The minimum absolute atomic E-state index is 0.0677. The molecule has 1 aliphatic carbocycles. The Labute approximate surface area is 151 Å². The average molecular weight is 357 g/mol. The molecule has 4 rings (SSSR count). The van der Waals surface area contributed by atoms with Crippen LogP contribution in [0.15, 0.2) is 16.8 Å². The van der Waals surface area contributed by atoms with Crippen LogP contribution in [-0.4, -0.2) is 52.2 Å². The van der Waals surface area contributed by atoms with Crippen LogP contribution in [0.4, 0.5) is 5.95 Å². The minimum Gasteiger partial charge on any atom is -0.381 e. The number of carbonyl (C=O) groups is 1. The summed E-state index contributed by atoms with van der Waals surface area (Å²) in [6.45, 7) is 3.39. The summed E-state index contributed by atoms with van der Waals surface area (Å²) >= 11 is 0. The zero-order valence-corrected chi connectivity index (χ0v) is 15.1. The summed E-state index contributed by atoms with van der Waals surface area (Å²) in [7, 11) is 1.80. The Morgan fingerprint density at radius 1 is 1.38 bits per heavy atom. The van der Waals surface area contributed by atoms with Gasteiger partial charge in [0.05, 0.1) is 36.0 Å². The van der Waals surface area contributed by atoms with Crippen LogP contribution in [0.3, 0.4) is 0 Å². The Bertz CT molecular complexity index is 796. The second-order valence-electron chi connectivity index (χ2n) is 7.06.